The summed E-state index contributed by atoms with van der Waals surface area (Å²) in [5, 5.41) is 0.249. The van der Waals surface area contributed by atoms with Gasteiger partial charge in [0, 0.05) is 12.7 Å². The van der Waals surface area contributed by atoms with Gasteiger partial charge in [0.2, 0.25) is 0 Å². The van der Waals surface area contributed by atoms with Crippen LogP contribution in [-0.4, -0.2) is 24.3 Å². The van der Waals surface area contributed by atoms with E-state index in [4.69, 9.17) is 9.79 Å². The monoisotopic (exact) mass is 385 g/mol. The average Bonchev–Trinajstić information content (AvgIpc) is 2.76. The summed E-state index contributed by atoms with van der Waals surface area (Å²) in [5.74, 6) is -0.436. The van der Waals surface area contributed by atoms with Crippen LogP contribution in [0.5, 0.6) is 0 Å². The van der Waals surface area contributed by atoms with Crippen molar-refractivity contribution in [2.75, 3.05) is 0 Å². The molecule has 9 heteroatoms. The molecule has 6 nitrogen and oxygen atoms in total. The molecule has 0 radical (unpaired) electrons. The second-order valence-corrected chi connectivity index (χ2v) is 7.03. The van der Waals surface area contributed by atoms with Gasteiger partial charge in [-0.2, -0.15) is 0 Å². The molecule has 0 fully saturated rings. The van der Waals surface area contributed by atoms with E-state index in [9.17, 15) is 8.96 Å². The Balaban J connectivity index is 1.97. The van der Waals surface area contributed by atoms with Gasteiger partial charge in [0.25, 0.3) is 0 Å². The molecule has 3 rings (SSSR count). The van der Waals surface area contributed by atoms with Crippen molar-refractivity contribution in [1.29, 1.82) is 0 Å². The van der Waals surface area contributed by atoms with Crippen molar-refractivity contribution in [2.24, 2.45) is 0 Å². The van der Waals surface area contributed by atoms with Crippen molar-refractivity contribution < 1.29 is 18.7 Å². The van der Waals surface area contributed by atoms with Crippen LogP contribution in [0.2, 0.25) is 0 Å². The Morgan fingerprint density at radius 1 is 1.23 bits per heavy atom. The number of aromatic nitrogens is 3. The first-order valence-corrected chi connectivity index (χ1v) is 8.56. The topological polar surface area (TPSA) is 88.2 Å². The Morgan fingerprint density at radius 2 is 1.91 bits per heavy atom. The second kappa shape index (κ2) is 5.55. The Bertz CT molecular complexity index is 891. The molecule has 0 spiro atoms. The highest BCUT2D eigenvalue weighted by Gasteiger charge is 2.17. The van der Waals surface area contributed by atoms with Crippen LogP contribution in [-0.2, 0) is 11.1 Å². The van der Waals surface area contributed by atoms with Gasteiger partial charge in [-0.15, -0.1) is 0 Å². The van der Waals surface area contributed by atoms with Crippen molar-refractivity contribution in [3.8, 4) is 0 Å². The van der Waals surface area contributed by atoms with Crippen molar-refractivity contribution in [3.05, 3.63) is 52.8 Å². The normalized spacial score (nSPS) is 12.0. The quantitative estimate of drug-likeness (QED) is 0.532. The predicted octanol–water partition coefficient (Wildman–Crippen LogP) is 2.18. The van der Waals surface area contributed by atoms with Gasteiger partial charge in [-0.3, -0.25) is 4.57 Å². The molecular formula is C13H10BrFN3O3P. The van der Waals surface area contributed by atoms with Gasteiger partial charge < -0.3 is 14.4 Å². The van der Waals surface area contributed by atoms with Gasteiger partial charge in [-0.05, 0) is 33.6 Å². The lowest BCUT2D eigenvalue weighted by Crippen LogP contribution is -2.05. The molecule has 114 valence electrons. The smallest absolute Gasteiger partial charge is 0.325 e. The largest absolute Gasteiger partial charge is 0.356 e. The van der Waals surface area contributed by atoms with Crippen LogP contribution in [0.3, 0.4) is 0 Å². The number of halogens is 2. The van der Waals surface area contributed by atoms with E-state index in [1.54, 1.807) is 16.7 Å². The zero-order valence-corrected chi connectivity index (χ0v) is 13.5. The molecule has 0 aliphatic carbocycles. The number of hydrogen-bond donors (Lipinski definition) is 2. The minimum absolute atomic E-state index is 0.0511. The van der Waals surface area contributed by atoms with E-state index in [1.165, 1.54) is 24.7 Å². The average molecular weight is 386 g/mol. The van der Waals surface area contributed by atoms with E-state index >= 15 is 0 Å². The van der Waals surface area contributed by atoms with Gasteiger partial charge in [-0.25, -0.2) is 14.4 Å². The fourth-order valence-electron chi connectivity index (χ4n) is 2.15. The van der Waals surface area contributed by atoms with E-state index in [0.29, 0.717) is 22.2 Å². The molecule has 22 heavy (non-hydrogen) atoms. The maximum Gasteiger partial charge on any atom is 0.356 e. The zero-order valence-electron chi connectivity index (χ0n) is 11.0. The van der Waals surface area contributed by atoms with E-state index in [0.717, 1.165) is 5.56 Å². The van der Waals surface area contributed by atoms with E-state index in [2.05, 4.69) is 25.9 Å². The molecule has 1 aromatic carbocycles. The highest BCUT2D eigenvalue weighted by atomic mass is 79.9. The van der Waals surface area contributed by atoms with Crippen molar-refractivity contribution >= 4 is 39.9 Å². The van der Waals surface area contributed by atoms with Crippen LogP contribution in [0.25, 0.3) is 11.0 Å². The third kappa shape index (κ3) is 2.83. The van der Waals surface area contributed by atoms with Crippen LogP contribution >= 0.6 is 23.5 Å². The zero-order chi connectivity index (χ0) is 15.9. The first-order chi connectivity index (χ1) is 10.4. The first-order valence-electron chi connectivity index (χ1n) is 6.16. The van der Waals surface area contributed by atoms with Gasteiger partial charge in [0.1, 0.15) is 16.6 Å². The Kier molecular flexibility index (Phi) is 3.86. The minimum atomic E-state index is -4.26. The van der Waals surface area contributed by atoms with Crippen LogP contribution in [0, 0.1) is 5.82 Å². The van der Waals surface area contributed by atoms with Crippen LogP contribution in [0.1, 0.15) is 5.56 Å². The molecule has 0 amide bonds. The number of benzene rings is 1. The predicted molar refractivity (Wildman–Crippen MR) is 82.4 cm³/mol. The summed E-state index contributed by atoms with van der Waals surface area (Å²) in [6.07, 6.45) is 2.65. The summed E-state index contributed by atoms with van der Waals surface area (Å²) in [6, 6.07) is 5.91. The lowest BCUT2D eigenvalue weighted by atomic mass is 10.2. The van der Waals surface area contributed by atoms with E-state index in [1.807, 2.05) is 0 Å². The van der Waals surface area contributed by atoms with E-state index < -0.39 is 13.4 Å². The summed E-state index contributed by atoms with van der Waals surface area (Å²) in [7, 11) is -4.26. The van der Waals surface area contributed by atoms with Crippen molar-refractivity contribution in [2.45, 2.75) is 6.54 Å². The number of fused-ring (bicyclic) bond motifs is 1. The fraction of sp³-hybridized carbons (Fsp3) is 0.0769. The molecule has 0 unspecified atom stereocenters. The summed E-state index contributed by atoms with van der Waals surface area (Å²) < 4.78 is 27.1. The third-order valence-corrected chi connectivity index (χ3v) is 4.76. The number of rotatable bonds is 3. The van der Waals surface area contributed by atoms with Gasteiger partial charge in [0.15, 0.2) is 5.82 Å². The summed E-state index contributed by atoms with van der Waals surface area (Å²) in [6.45, 7) is 0.325. The Hall–Kier alpha value is -1.60. The lowest BCUT2D eigenvalue weighted by molar-refractivity contribution is 0.387. The van der Waals surface area contributed by atoms with Crippen LogP contribution in [0.15, 0.2) is 41.4 Å². The molecule has 2 heterocycles. The summed E-state index contributed by atoms with van der Waals surface area (Å²) >= 11 is 3.19. The van der Waals surface area contributed by atoms with Crippen molar-refractivity contribution in [1.82, 2.24) is 14.5 Å². The van der Waals surface area contributed by atoms with Gasteiger partial charge in [0.05, 0.1) is 10.7 Å². The SMILES string of the molecule is O=P(O)(O)c1ccc(Cn2cc(F)c3c(Br)ncnc32)cc1. The molecule has 0 aliphatic rings. The first kappa shape index (κ1) is 15.3. The lowest BCUT2D eigenvalue weighted by Gasteiger charge is -2.07. The highest BCUT2D eigenvalue weighted by molar-refractivity contribution is 9.10. The summed E-state index contributed by atoms with van der Waals surface area (Å²) in [5.41, 5.74) is 1.21. The van der Waals surface area contributed by atoms with Crippen molar-refractivity contribution in [3.63, 3.8) is 0 Å². The number of nitrogens with zero attached hydrogens (tertiary/aromatic N) is 3. The number of hydrogen-bond acceptors (Lipinski definition) is 3. The Labute approximate surface area is 132 Å². The highest BCUT2D eigenvalue weighted by Crippen LogP contribution is 2.33. The molecule has 0 atom stereocenters. The molecule has 0 aliphatic heterocycles. The Morgan fingerprint density at radius 3 is 2.55 bits per heavy atom. The standard InChI is InChI=1S/C13H10BrFN3O3P/c14-12-11-10(15)6-18(13(11)17-7-16-12)5-8-1-3-9(4-2-8)22(19,20)21/h1-4,6-7H,5H2,(H2,19,20,21). The molecule has 0 saturated carbocycles. The molecular weight excluding hydrogens is 376 g/mol. The third-order valence-electron chi connectivity index (χ3n) is 3.19. The fourth-order valence-corrected chi connectivity index (χ4v) is 3.15. The molecule has 2 aromatic heterocycles. The maximum atomic E-state index is 14.0. The molecule has 2 N–H and O–H groups in total. The molecule has 0 bridgehead atoms. The molecule has 0 saturated heterocycles. The van der Waals surface area contributed by atoms with E-state index in [-0.39, 0.29) is 5.30 Å². The van der Waals surface area contributed by atoms with Gasteiger partial charge >= 0.3 is 7.60 Å². The minimum Gasteiger partial charge on any atom is -0.325 e. The second-order valence-electron chi connectivity index (χ2n) is 4.68. The molecule has 3 aromatic rings. The van der Waals surface area contributed by atoms with Crippen LogP contribution < -0.4 is 5.30 Å². The summed E-state index contributed by atoms with van der Waals surface area (Å²) in [4.78, 5) is 26.1. The van der Waals surface area contributed by atoms with Crippen LogP contribution in [0.4, 0.5) is 4.39 Å². The maximum absolute atomic E-state index is 14.0. The van der Waals surface area contributed by atoms with Gasteiger partial charge in [-0.1, -0.05) is 12.1 Å².